The van der Waals surface area contributed by atoms with Crippen molar-refractivity contribution in [3.05, 3.63) is 119 Å². The third-order valence-corrected chi connectivity index (χ3v) is 9.70. The zero-order valence-electron chi connectivity index (χ0n) is 30.9. The van der Waals surface area contributed by atoms with Crippen LogP contribution in [0.15, 0.2) is 106 Å². The molecule has 0 fully saturated rings. The van der Waals surface area contributed by atoms with Crippen LogP contribution in [-0.2, 0) is 6.42 Å². The van der Waals surface area contributed by atoms with Crippen molar-refractivity contribution in [2.45, 2.75) is 58.8 Å². The van der Waals surface area contributed by atoms with Crippen molar-refractivity contribution in [3.8, 4) is 57.2 Å². The molecule has 8 rings (SSSR count). The molecule has 0 saturated heterocycles. The summed E-state index contributed by atoms with van der Waals surface area (Å²) in [6.07, 6.45) is 3.39. The number of pyridine rings is 2. The molecule has 4 aromatic carbocycles. The number of aliphatic hydroxyl groups excluding tert-OH is 1. The Labute approximate surface area is 332 Å². The fourth-order valence-corrected chi connectivity index (χ4v) is 7.08. The molecule has 56 heavy (non-hydrogen) atoms. The van der Waals surface area contributed by atoms with E-state index in [0.717, 1.165) is 38.4 Å². The SMILES string of the molecule is CC(C)Oc1ccc(-c2nc(-c3cccc4c(CCC(O)c5nccc6c(-c7noc(-c8ccc(OC(C)C)c(Cl)c8)n7)cccc56)nccc34)no2)cc1Cl. The summed E-state index contributed by atoms with van der Waals surface area (Å²) >= 11 is 12.9. The lowest BCUT2D eigenvalue weighted by Gasteiger charge is -2.14. The van der Waals surface area contributed by atoms with Crippen molar-refractivity contribution in [3.63, 3.8) is 0 Å². The first-order chi connectivity index (χ1) is 27.1. The minimum absolute atomic E-state index is 0.00827. The van der Waals surface area contributed by atoms with E-state index < -0.39 is 6.10 Å². The number of aliphatic hydroxyl groups is 1. The van der Waals surface area contributed by atoms with Gasteiger partial charge in [0, 0.05) is 51.1 Å². The molecule has 0 aliphatic carbocycles. The topological polar surface area (TPSA) is 142 Å². The van der Waals surface area contributed by atoms with E-state index in [-0.39, 0.29) is 12.2 Å². The number of halogens is 2. The minimum Gasteiger partial charge on any atom is -0.489 e. The van der Waals surface area contributed by atoms with Gasteiger partial charge < -0.3 is 23.6 Å². The summed E-state index contributed by atoms with van der Waals surface area (Å²) < 4.78 is 22.8. The van der Waals surface area contributed by atoms with Crippen molar-refractivity contribution in [2.24, 2.45) is 0 Å². The minimum atomic E-state index is -0.882. The second-order valence-corrected chi connectivity index (χ2v) is 14.6. The first-order valence-corrected chi connectivity index (χ1v) is 18.9. The van der Waals surface area contributed by atoms with Crippen LogP contribution in [-0.4, -0.2) is 47.6 Å². The average molecular weight is 788 g/mol. The zero-order valence-corrected chi connectivity index (χ0v) is 32.4. The maximum atomic E-state index is 11.6. The van der Waals surface area contributed by atoms with E-state index in [1.807, 2.05) is 88.4 Å². The monoisotopic (exact) mass is 786 g/mol. The highest BCUT2D eigenvalue weighted by molar-refractivity contribution is 6.32. The Morgan fingerprint density at radius 2 is 1.14 bits per heavy atom. The number of rotatable bonds is 12. The van der Waals surface area contributed by atoms with Gasteiger partial charge in [0.05, 0.1) is 34.1 Å². The lowest BCUT2D eigenvalue weighted by molar-refractivity contribution is 0.164. The summed E-state index contributed by atoms with van der Waals surface area (Å²) in [6, 6.07) is 26.2. The standard InChI is InChI=1S/C43H36Cl2N6O5/c1-23(2)53-37-15-11-25(21-33(37)44)42-48-40(50-55-42)31-9-5-7-29-27(31)17-19-46-35(29)13-14-36(52)39-30-8-6-10-32(28(30)18-20-47-39)41-49-43(56-51-41)26-12-16-38(34(45)22-26)54-24(3)4/h5-12,15-24,36,52H,13-14H2,1-4H3. The van der Waals surface area contributed by atoms with Crippen LogP contribution >= 0.6 is 23.2 Å². The van der Waals surface area contributed by atoms with Crippen molar-refractivity contribution in [1.29, 1.82) is 0 Å². The third kappa shape index (κ3) is 7.53. The van der Waals surface area contributed by atoms with Gasteiger partial charge in [-0.1, -0.05) is 69.9 Å². The fraction of sp³-hybridized carbons (Fsp3) is 0.209. The van der Waals surface area contributed by atoms with Gasteiger partial charge in [-0.2, -0.15) is 9.97 Å². The largest absolute Gasteiger partial charge is 0.489 e. The van der Waals surface area contributed by atoms with E-state index in [2.05, 4.69) is 20.3 Å². The molecular formula is C43H36Cl2N6O5. The number of aromatic nitrogens is 6. The molecule has 8 aromatic rings. The predicted molar refractivity (Wildman–Crippen MR) is 216 cm³/mol. The van der Waals surface area contributed by atoms with E-state index in [0.29, 0.717) is 74.6 Å². The second-order valence-electron chi connectivity index (χ2n) is 13.8. The lowest BCUT2D eigenvalue weighted by Crippen LogP contribution is -2.05. The van der Waals surface area contributed by atoms with Gasteiger partial charge in [0.2, 0.25) is 11.6 Å². The highest BCUT2D eigenvalue weighted by Crippen LogP contribution is 2.36. The third-order valence-electron chi connectivity index (χ3n) is 9.11. The number of ether oxygens (including phenoxy) is 2. The van der Waals surface area contributed by atoms with Gasteiger partial charge in [-0.25, -0.2) is 0 Å². The van der Waals surface area contributed by atoms with Gasteiger partial charge >= 0.3 is 0 Å². The molecule has 0 aliphatic heterocycles. The van der Waals surface area contributed by atoms with Crippen LogP contribution in [0, 0.1) is 0 Å². The molecule has 0 amide bonds. The number of benzene rings is 4. The Morgan fingerprint density at radius 1 is 0.625 bits per heavy atom. The van der Waals surface area contributed by atoms with Gasteiger partial charge in [-0.3, -0.25) is 9.97 Å². The van der Waals surface area contributed by atoms with E-state index in [1.165, 1.54) is 0 Å². The number of hydrogen-bond donors (Lipinski definition) is 1. The molecule has 282 valence electrons. The van der Waals surface area contributed by atoms with Gasteiger partial charge in [-0.15, -0.1) is 0 Å². The van der Waals surface area contributed by atoms with Gasteiger partial charge in [0.1, 0.15) is 11.5 Å². The lowest BCUT2D eigenvalue weighted by atomic mass is 9.97. The summed E-state index contributed by atoms with van der Waals surface area (Å²) in [7, 11) is 0. The van der Waals surface area contributed by atoms with Crippen LogP contribution in [0.2, 0.25) is 10.0 Å². The number of nitrogens with zero attached hydrogens (tertiary/aromatic N) is 6. The summed E-state index contributed by atoms with van der Waals surface area (Å²) in [5.74, 6) is 2.67. The Hall–Kier alpha value is -5.88. The Bertz CT molecular complexity index is 2690. The second kappa shape index (κ2) is 15.7. The molecule has 0 spiro atoms. The van der Waals surface area contributed by atoms with Crippen molar-refractivity contribution < 1.29 is 23.6 Å². The van der Waals surface area contributed by atoms with Crippen LogP contribution in [0.5, 0.6) is 11.5 Å². The first-order valence-electron chi connectivity index (χ1n) is 18.2. The molecule has 0 saturated carbocycles. The van der Waals surface area contributed by atoms with Gasteiger partial charge in [0.25, 0.3) is 11.8 Å². The van der Waals surface area contributed by atoms with Gasteiger partial charge in [0.15, 0.2) is 0 Å². The summed E-state index contributed by atoms with van der Waals surface area (Å²) in [4.78, 5) is 18.7. The Morgan fingerprint density at radius 3 is 1.68 bits per heavy atom. The molecule has 1 atom stereocenters. The highest BCUT2D eigenvalue weighted by atomic mass is 35.5. The maximum absolute atomic E-state index is 11.6. The van der Waals surface area contributed by atoms with E-state index in [4.69, 9.17) is 51.7 Å². The number of hydrogen-bond acceptors (Lipinski definition) is 11. The number of aryl methyl sites for hydroxylation is 1. The van der Waals surface area contributed by atoms with E-state index in [9.17, 15) is 5.11 Å². The molecule has 1 unspecified atom stereocenters. The quantitative estimate of drug-likeness (QED) is 0.126. The van der Waals surface area contributed by atoms with Crippen molar-refractivity contribution >= 4 is 44.7 Å². The van der Waals surface area contributed by atoms with E-state index >= 15 is 0 Å². The first kappa shape index (κ1) is 37.1. The van der Waals surface area contributed by atoms with Gasteiger partial charge in [-0.05, 0) is 99.8 Å². The van der Waals surface area contributed by atoms with E-state index in [1.54, 1.807) is 36.7 Å². The number of fused-ring (bicyclic) bond motifs is 2. The highest BCUT2D eigenvalue weighted by Gasteiger charge is 2.21. The zero-order chi connectivity index (χ0) is 38.9. The maximum Gasteiger partial charge on any atom is 0.258 e. The van der Waals surface area contributed by atoms with Crippen LogP contribution in [0.3, 0.4) is 0 Å². The molecule has 0 bridgehead atoms. The summed E-state index contributed by atoms with van der Waals surface area (Å²) in [5.41, 5.74) is 4.26. The van der Waals surface area contributed by atoms with Crippen LogP contribution in [0.4, 0.5) is 0 Å². The molecule has 11 nitrogen and oxygen atoms in total. The molecular weight excluding hydrogens is 751 g/mol. The molecule has 4 heterocycles. The smallest absolute Gasteiger partial charge is 0.258 e. The van der Waals surface area contributed by atoms with Crippen molar-refractivity contribution in [2.75, 3.05) is 0 Å². The summed E-state index contributed by atoms with van der Waals surface area (Å²) in [6.45, 7) is 7.76. The molecule has 0 aliphatic rings. The van der Waals surface area contributed by atoms with Crippen LogP contribution in [0.25, 0.3) is 67.2 Å². The average Bonchev–Trinajstić information content (AvgIpc) is 3.89. The van der Waals surface area contributed by atoms with Crippen molar-refractivity contribution in [1.82, 2.24) is 30.2 Å². The molecule has 0 radical (unpaired) electrons. The molecule has 1 N–H and O–H groups in total. The Kier molecular flexibility index (Phi) is 10.4. The fourth-order valence-electron chi connectivity index (χ4n) is 6.63. The normalized spacial score (nSPS) is 12.2. The summed E-state index contributed by atoms with van der Waals surface area (Å²) in [5, 5.41) is 24.5. The molecule has 13 heteroatoms. The predicted octanol–water partition coefficient (Wildman–Crippen LogP) is 10.8. The van der Waals surface area contributed by atoms with Crippen LogP contribution in [0.1, 0.15) is 51.6 Å². The van der Waals surface area contributed by atoms with Crippen LogP contribution < -0.4 is 9.47 Å². The molecule has 4 aromatic heterocycles. The Balaban J connectivity index is 1.02.